The smallest absolute Gasteiger partial charge is 0.0925 e. The monoisotopic (exact) mass is 276 g/mol. The highest BCUT2D eigenvalue weighted by atomic mass is 14.8. The highest BCUT2D eigenvalue weighted by Crippen LogP contribution is 2.24. The van der Waals surface area contributed by atoms with E-state index >= 15 is 0 Å². The van der Waals surface area contributed by atoms with Gasteiger partial charge in [0.25, 0.3) is 0 Å². The second kappa shape index (κ2) is 6.04. The first-order valence-electron chi connectivity index (χ1n) is 7.60. The van der Waals surface area contributed by atoms with E-state index in [9.17, 15) is 0 Å². The van der Waals surface area contributed by atoms with Gasteiger partial charge in [0.05, 0.1) is 22.4 Å². The van der Waals surface area contributed by atoms with Crippen LogP contribution in [-0.2, 0) is 6.42 Å². The van der Waals surface area contributed by atoms with Crippen molar-refractivity contribution in [2.24, 2.45) is 0 Å². The molecular formula is C19H20N2. The maximum Gasteiger partial charge on any atom is 0.0925 e. The van der Waals surface area contributed by atoms with Gasteiger partial charge >= 0.3 is 0 Å². The molecule has 0 bridgehead atoms. The number of hydrogen-bond acceptors (Lipinski definition) is 2. The van der Waals surface area contributed by atoms with E-state index in [2.05, 4.69) is 56.3 Å². The second-order valence-electron chi connectivity index (χ2n) is 5.48. The zero-order chi connectivity index (χ0) is 14.7. The molecule has 106 valence electrons. The zero-order valence-electron chi connectivity index (χ0n) is 12.6. The van der Waals surface area contributed by atoms with E-state index in [0.717, 1.165) is 40.8 Å². The fraction of sp³-hybridized carbons (Fsp3) is 0.263. The lowest BCUT2D eigenvalue weighted by Crippen LogP contribution is -1.99. The Hall–Kier alpha value is -2.22. The molecule has 2 heteroatoms. The summed E-state index contributed by atoms with van der Waals surface area (Å²) >= 11 is 0. The average Bonchev–Trinajstić information content (AvgIpc) is 2.53. The van der Waals surface area contributed by atoms with Gasteiger partial charge in [-0.2, -0.15) is 0 Å². The molecule has 2 nitrogen and oxygen atoms in total. The number of unbranched alkanes of at least 4 members (excludes halogenated alkanes) is 1. The molecule has 0 aliphatic rings. The lowest BCUT2D eigenvalue weighted by molar-refractivity contribution is 0.778. The van der Waals surface area contributed by atoms with Gasteiger partial charge in [-0.1, -0.05) is 49.7 Å². The van der Waals surface area contributed by atoms with Crippen LogP contribution in [0.15, 0.2) is 48.5 Å². The topological polar surface area (TPSA) is 25.8 Å². The Morgan fingerprint density at radius 2 is 1.71 bits per heavy atom. The van der Waals surface area contributed by atoms with Crippen LogP contribution < -0.4 is 0 Å². The lowest BCUT2D eigenvalue weighted by atomic mass is 10.1. The van der Waals surface area contributed by atoms with Crippen molar-refractivity contribution >= 4 is 11.0 Å². The molecule has 1 aromatic heterocycles. The number of benzene rings is 2. The molecular weight excluding hydrogens is 256 g/mol. The van der Waals surface area contributed by atoms with Crippen molar-refractivity contribution in [1.82, 2.24) is 9.97 Å². The van der Waals surface area contributed by atoms with Crippen LogP contribution in [0.2, 0.25) is 0 Å². The van der Waals surface area contributed by atoms with Crippen LogP contribution in [0.1, 0.15) is 31.0 Å². The van der Waals surface area contributed by atoms with E-state index in [1.54, 1.807) is 0 Å². The molecule has 3 rings (SSSR count). The van der Waals surface area contributed by atoms with Crippen LogP contribution in [0.3, 0.4) is 0 Å². The quantitative estimate of drug-likeness (QED) is 0.674. The first kappa shape index (κ1) is 13.7. The van der Waals surface area contributed by atoms with Crippen LogP contribution in [0.25, 0.3) is 22.3 Å². The van der Waals surface area contributed by atoms with E-state index in [0.29, 0.717) is 0 Å². The Balaban J connectivity index is 2.18. The molecule has 3 aromatic rings. The van der Waals surface area contributed by atoms with Gasteiger partial charge in [-0.3, -0.25) is 0 Å². The van der Waals surface area contributed by atoms with E-state index in [1.807, 2.05) is 6.07 Å². The van der Waals surface area contributed by atoms with Crippen molar-refractivity contribution in [3.05, 3.63) is 59.8 Å². The molecule has 0 aliphatic carbocycles. The molecule has 0 fully saturated rings. The van der Waals surface area contributed by atoms with Gasteiger partial charge in [0, 0.05) is 5.56 Å². The highest BCUT2D eigenvalue weighted by molar-refractivity contribution is 5.79. The molecule has 0 spiro atoms. The third-order valence-electron chi connectivity index (χ3n) is 3.71. The minimum absolute atomic E-state index is 0.981. The van der Waals surface area contributed by atoms with E-state index < -0.39 is 0 Å². The Labute approximate surface area is 125 Å². The maximum atomic E-state index is 4.90. The first-order chi connectivity index (χ1) is 10.3. The van der Waals surface area contributed by atoms with E-state index in [-0.39, 0.29) is 0 Å². The number of aryl methyl sites for hydroxylation is 2. The van der Waals surface area contributed by atoms with Crippen molar-refractivity contribution in [2.75, 3.05) is 0 Å². The van der Waals surface area contributed by atoms with Crippen molar-refractivity contribution < 1.29 is 0 Å². The summed E-state index contributed by atoms with van der Waals surface area (Å²) in [6, 6.07) is 16.7. The van der Waals surface area contributed by atoms with Gasteiger partial charge < -0.3 is 0 Å². The highest BCUT2D eigenvalue weighted by Gasteiger charge is 2.10. The van der Waals surface area contributed by atoms with Gasteiger partial charge in [-0.05, 0) is 37.5 Å². The molecule has 0 N–H and O–H groups in total. The molecule has 0 atom stereocenters. The zero-order valence-corrected chi connectivity index (χ0v) is 12.6. The SMILES string of the molecule is CCCCc1nc2ccc(C)cc2nc1-c1ccccc1. The van der Waals surface area contributed by atoms with Gasteiger partial charge in [0.15, 0.2) is 0 Å². The Bertz CT molecular complexity index is 748. The Morgan fingerprint density at radius 3 is 2.48 bits per heavy atom. The molecule has 0 saturated carbocycles. The van der Waals surface area contributed by atoms with Gasteiger partial charge in [0.1, 0.15) is 0 Å². The summed E-state index contributed by atoms with van der Waals surface area (Å²) < 4.78 is 0. The molecule has 0 amide bonds. The fourth-order valence-electron chi connectivity index (χ4n) is 2.55. The minimum atomic E-state index is 0.981. The van der Waals surface area contributed by atoms with Crippen molar-refractivity contribution in [3.63, 3.8) is 0 Å². The third-order valence-corrected chi connectivity index (χ3v) is 3.71. The van der Waals surface area contributed by atoms with Gasteiger partial charge in [-0.25, -0.2) is 9.97 Å². The van der Waals surface area contributed by atoms with Crippen molar-refractivity contribution in [3.8, 4) is 11.3 Å². The third kappa shape index (κ3) is 2.94. The summed E-state index contributed by atoms with van der Waals surface area (Å²) in [5, 5.41) is 0. The number of nitrogens with zero attached hydrogens (tertiary/aromatic N) is 2. The van der Waals surface area contributed by atoms with Crippen LogP contribution in [0, 0.1) is 6.92 Å². The minimum Gasteiger partial charge on any atom is -0.249 e. The number of aromatic nitrogens is 2. The number of fused-ring (bicyclic) bond motifs is 1. The summed E-state index contributed by atoms with van der Waals surface area (Å²) in [5.74, 6) is 0. The van der Waals surface area contributed by atoms with Crippen LogP contribution >= 0.6 is 0 Å². The van der Waals surface area contributed by atoms with E-state index in [1.165, 1.54) is 12.0 Å². The van der Waals surface area contributed by atoms with Crippen molar-refractivity contribution in [2.45, 2.75) is 33.1 Å². The summed E-state index contributed by atoms with van der Waals surface area (Å²) in [6.07, 6.45) is 3.30. The standard InChI is InChI=1S/C19H20N2/c1-3-4-10-17-19(15-8-6-5-7-9-15)21-18-13-14(2)11-12-16(18)20-17/h5-9,11-13H,3-4,10H2,1-2H3. The Morgan fingerprint density at radius 1 is 0.905 bits per heavy atom. The van der Waals surface area contributed by atoms with Gasteiger partial charge in [0.2, 0.25) is 0 Å². The summed E-state index contributed by atoms with van der Waals surface area (Å²) in [6.45, 7) is 4.30. The normalized spacial score (nSPS) is 11.0. The van der Waals surface area contributed by atoms with Crippen molar-refractivity contribution in [1.29, 1.82) is 0 Å². The molecule has 0 saturated heterocycles. The summed E-state index contributed by atoms with van der Waals surface area (Å²) in [7, 11) is 0. The average molecular weight is 276 g/mol. The van der Waals surface area contributed by atoms with Gasteiger partial charge in [-0.15, -0.1) is 0 Å². The summed E-state index contributed by atoms with van der Waals surface area (Å²) in [4.78, 5) is 9.76. The number of hydrogen-bond donors (Lipinski definition) is 0. The Kier molecular flexibility index (Phi) is 3.96. The van der Waals surface area contributed by atoms with Crippen LogP contribution in [0.5, 0.6) is 0 Å². The lowest BCUT2D eigenvalue weighted by Gasteiger charge is -2.10. The van der Waals surface area contributed by atoms with E-state index in [4.69, 9.17) is 9.97 Å². The molecule has 1 heterocycles. The second-order valence-corrected chi connectivity index (χ2v) is 5.48. The van der Waals surface area contributed by atoms with Crippen LogP contribution in [0.4, 0.5) is 0 Å². The molecule has 2 aromatic carbocycles. The largest absolute Gasteiger partial charge is 0.249 e. The van der Waals surface area contributed by atoms with Crippen LogP contribution in [-0.4, -0.2) is 9.97 Å². The molecule has 0 aliphatic heterocycles. The predicted molar refractivity (Wildman–Crippen MR) is 88.3 cm³/mol. The molecule has 21 heavy (non-hydrogen) atoms. The predicted octanol–water partition coefficient (Wildman–Crippen LogP) is 4.95. The first-order valence-corrected chi connectivity index (χ1v) is 7.60. The fourth-order valence-corrected chi connectivity index (χ4v) is 2.55. The maximum absolute atomic E-state index is 4.90. The molecule has 0 radical (unpaired) electrons. The summed E-state index contributed by atoms with van der Waals surface area (Å²) in [5.41, 5.74) is 6.48. The number of rotatable bonds is 4. The molecule has 0 unspecified atom stereocenters.